The van der Waals surface area contributed by atoms with E-state index in [2.05, 4.69) is 12.0 Å². The lowest BCUT2D eigenvalue weighted by molar-refractivity contribution is -0.425. The smallest absolute Gasteiger partial charge is 0.246 e. The van der Waals surface area contributed by atoms with Crippen molar-refractivity contribution in [3.8, 4) is 0 Å². The van der Waals surface area contributed by atoms with Crippen LogP contribution >= 0.6 is 0 Å². The molecule has 1 heterocycles. The molecule has 0 saturated carbocycles. The molecule has 0 unspecified atom stereocenters. The molecule has 0 spiro atoms. The maximum atomic E-state index is 10.6. The van der Waals surface area contributed by atoms with Gasteiger partial charge >= 0.3 is 0 Å². The second-order valence-corrected chi connectivity index (χ2v) is 3.28. The average molecular weight is 209 g/mol. The summed E-state index contributed by atoms with van der Waals surface area (Å²) in [6.45, 7) is 4.67. The molecule has 0 aliphatic rings. The number of hydrogen-bond acceptors (Lipinski definition) is 3. The van der Waals surface area contributed by atoms with E-state index >= 15 is 0 Å². The first-order valence-electron chi connectivity index (χ1n) is 5.04. The molecule has 0 aromatic carbocycles. The zero-order valence-corrected chi connectivity index (χ0v) is 9.01. The molecule has 1 rings (SSSR count). The minimum absolute atomic E-state index is 0.214. The Bertz CT molecular complexity index is 368. The van der Waals surface area contributed by atoms with Crippen LogP contribution in [0.3, 0.4) is 0 Å². The van der Waals surface area contributed by atoms with Gasteiger partial charge in [-0.3, -0.25) is 14.8 Å². The lowest BCUT2D eigenvalue weighted by Crippen LogP contribution is -1.96. The second-order valence-electron chi connectivity index (χ2n) is 3.28. The molecule has 82 valence electrons. The fourth-order valence-electron chi connectivity index (χ4n) is 1.28. The van der Waals surface area contributed by atoms with Crippen LogP contribution in [0.15, 0.2) is 18.1 Å². The summed E-state index contributed by atoms with van der Waals surface area (Å²) in [5, 5.41) is 14.7. The summed E-state index contributed by atoms with van der Waals surface area (Å²) in [7, 11) is 0. The van der Waals surface area contributed by atoms with Crippen LogP contribution in [0.4, 0.5) is 0 Å². The third-order valence-corrected chi connectivity index (χ3v) is 2.04. The van der Waals surface area contributed by atoms with Gasteiger partial charge in [0.15, 0.2) is 0 Å². The number of aromatic nitrogens is 2. The topological polar surface area (TPSA) is 61.0 Å². The summed E-state index contributed by atoms with van der Waals surface area (Å²) >= 11 is 0. The molecule has 0 aliphatic heterocycles. The van der Waals surface area contributed by atoms with Crippen LogP contribution in [-0.4, -0.2) is 14.7 Å². The van der Waals surface area contributed by atoms with Gasteiger partial charge in [0.25, 0.3) is 0 Å². The zero-order valence-electron chi connectivity index (χ0n) is 9.01. The van der Waals surface area contributed by atoms with Crippen molar-refractivity contribution in [2.45, 2.75) is 33.2 Å². The van der Waals surface area contributed by atoms with E-state index in [0.29, 0.717) is 6.42 Å². The van der Waals surface area contributed by atoms with Gasteiger partial charge in [0.05, 0.1) is 11.1 Å². The quantitative estimate of drug-likeness (QED) is 0.552. The molecule has 1 aromatic rings. The van der Waals surface area contributed by atoms with Crippen molar-refractivity contribution in [2.24, 2.45) is 0 Å². The van der Waals surface area contributed by atoms with Crippen LogP contribution in [-0.2, 0) is 6.54 Å². The van der Waals surface area contributed by atoms with E-state index in [-0.39, 0.29) is 10.6 Å². The normalized spacial score (nSPS) is 11.7. The van der Waals surface area contributed by atoms with Gasteiger partial charge in [0, 0.05) is 30.8 Å². The van der Waals surface area contributed by atoms with E-state index in [9.17, 15) is 10.1 Å². The number of allylic oxidation sites excluding steroid dienone is 1. The van der Waals surface area contributed by atoms with E-state index in [0.717, 1.165) is 18.5 Å². The fraction of sp³-hybridized carbons (Fsp3) is 0.500. The number of aryl methyl sites for hydroxylation is 1. The molecule has 0 fully saturated rings. The van der Waals surface area contributed by atoms with Crippen molar-refractivity contribution in [2.75, 3.05) is 0 Å². The van der Waals surface area contributed by atoms with Crippen molar-refractivity contribution in [1.82, 2.24) is 9.78 Å². The van der Waals surface area contributed by atoms with Crippen molar-refractivity contribution < 1.29 is 4.92 Å². The zero-order chi connectivity index (χ0) is 11.3. The second kappa shape index (κ2) is 5.29. The van der Waals surface area contributed by atoms with Crippen LogP contribution < -0.4 is 0 Å². The largest absolute Gasteiger partial charge is 0.272 e. The van der Waals surface area contributed by atoms with E-state index in [1.165, 1.54) is 0 Å². The predicted octanol–water partition coefficient (Wildman–Crippen LogP) is 2.32. The molecule has 1 aromatic heterocycles. The molecule has 0 amide bonds. The van der Waals surface area contributed by atoms with Crippen molar-refractivity contribution in [1.29, 1.82) is 0 Å². The number of hydrogen-bond donors (Lipinski definition) is 0. The summed E-state index contributed by atoms with van der Waals surface area (Å²) in [5.74, 6) is 0. The van der Waals surface area contributed by atoms with Crippen LogP contribution in [0, 0.1) is 10.1 Å². The Morgan fingerprint density at radius 3 is 2.93 bits per heavy atom. The highest BCUT2D eigenvalue weighted by molar-refractivity contribution is 5.48. The molecule has 5 nitrogen and oxygen atoms in total. The first-order valence-corrected chi connectivity index (χ1v) is 5.04. The van der Waals surface area contributed by atoms with Gasteiger partial charge in [-0.2, -0.15) is 5.10 Å². The van der Waals surface area contributed by atoms with Gasteiger partial charge in [-0.05, 0) is 6.42 Å². The van der Waals surface area contributed by atoms with Gasteiger partial charge in [0.2, 0.25) is 5.70 Å². The van der Waals surface area contributed by atoms with Gasteiger partial charge in [-0.1, -0.05) is 13.8 Å². The molecular formula is C10H15N3O2. The van der Waals surface area contributed by atoms with E-state index in [1.54, 1.807) is 23.9 Å². The molecule has 0 atom stereocenters. The summed E-state index contributed by atoms with van der Waals surface area (Å²) in [4.78, 5) is 10.2. The van der Waals surface area contributed by atoms with Crippen LogP contribution in [0.2, 0.25) is 0 Å². The Kier molecular flexibility index (Phi) is 4.03. The first kappa shape index (κ1) is 11.4. The lowest BCUT2D eigenvalue weighted by Gasteiger charge is -1.94. The highest BCUT2D eigenvalue weighted by Gasteiger charge is 2.07. The van der Waals surface area contributed by atoms with Crippen molar-refractivity contribution in [3.63, 3.8) is 0 Å². The van der Waals surface area contributed by atoms with Crippen LogP contribution in [0.5, 0.6) is 0 Å². The molecule has 0 aliphatic carbocycles. The predicted molar refractivity (Wildman–Crippen MR) is 57.8 cm³/mol. The molecule has 0 saturated heterocycles. The molecule has 0 radical (unpaired) electrons. The molecule has 15 heavy (non-hydrogen) atoms. The molecule has 5 heteroatoms. The Labute approximate surface area is 88.6 Å². The Balaban J connectivity index is 2.82. The van der Waals surface area contributed by atoms with Crippen LogP contribution in [0.1, 0.15) is 32.3 Å². The van der Waals surface area contributed by atoms with E-state index in [4.69, 9.17) is 0 Å². The summed E-state index contributed by atoms with van der Waals surface area (Å²) in [6.07, 6.45) is 6.46. The minimum atomic E-state index is -0.350. The van der Waals surface area contributed by atoms with E-state index in [1.807, 2.05) is 6.20 Å². The number of nitrogens with zero attached hydrogens (tertiary/aromatic N) is 3. The summed E-state index contributed by atoms with van der Waals surface area (Å²) in [5.41, 5.74) is 1.00. The Hall–Kier alpha value is -1.65. The van der Waals surface area contributed by atoms with Crippen molar-refractivity contribution in [3.05, 3.63) is 33.8 Å². The standard InChI is InChI=1S/C10H15N3O2/c1-3-5-12-8-9(7-11-12)6-10(4-2)13(14)15/h6-8H,3-5H2,1-2H3/b10-6-. The monoisotopic (exact) mass is 209 g/mol. The van der Waals surface area contributed by atoms with Crippen molar-refractivity contribution >= 4 is 6.08 Å². The highest BCUT2D eigenvalue weighted by atomic mass is 16.6. The van der Waals surface area contributed by atoms with Gasteiger partial charge in [0.1, 0.15) is 0 Å². The van der Waals surface area contributed by atoms with Gasteiger partial charge in [-0.25, -0.2) is 0 Å². The number of rotatable bonds is 5. The highest BCUT2D eigenvalue weighted by Crippen LogP contribution is 2.09. The van der Waals surface area contributed by atoms with Gasteiger partial charge < -0.3 is 0 Å². The Morgan fingerprint density at radius 1 is 1.67 bits per heavy atom. The van der Waals surface area contributed by atoms with Gasteiger partial charge in [-0.15, -0.1) is 0 Å². The maximum Gasteiger partial charge on any atom is 0.246 e. The molecular weight excluding hydrogens is 194 g/mol. The lowest BCUT2D eigenvalue weighted by atomic mass is 10.2. The number of nitro groups is 1. The third kappa shape index (κ3) is 3.19. The molecule has 0 N–H and O–H groups in total. The maximum absolute atomic E-state index is 10.6. The molecule has 0 bridgehead atoms. The SMILES string of the molecule is CCCn1cc(/C=C(/CC)[N+](=O)[O-])cn1. The van der Waals surface area contributed by atoms with Crippen LogP contribution in [0.25, 0.3) is 6.08 Å². The summed E-state index contributed by atoms with van der Waals surface area (Å²) in [6, 6.07) is 0. The third-order valence-electron chi connectivity index (χ3n) is 2.04. The van der Waals surface area contributed by atoms with E-state index < -0.39 is 0 Å². The minimum Gasteiger partial charge on any atom is -0.272 e. The fourth-order valence-corrected chi connectivity index (χ4v) is 1.28. The summed E-state index contributed by atoms with van der Waals surface area (Å²) < 4.78 is 1.79. The first-order chi connectivity index (χ1) is 7.17. The Morgan fingerprint density at radius 2 is 2.40 bits per heavy atom. The average Bonchev–Trinajstić information content (AvgIpc) is 2.62.